The highest BCUT2D eigenvalue weighted by Crippen LogP contribution is 2.24. The first-order valence-corrected chi connectivity index (χ1v) is 7.21. The number of aliphatic imine (C=N–C) groups is 1. The quantitative estimate of drug-likeness (QED) is 0.617. The Bertz CT molecular complexity index is 517. The average molecular weight is 269 g/mol. The van der Waals surface area contributed by atoms with Gasteiger partial charge in [0.05, 0.1) is 0 Å². The number of nitrogens with zero attached hydrogens (tertiary/aromatic N) is 3. The summed E-state index contributed by atoms with van der Waals surface area (Å²) in [7, 11) is 1.80. The highest BCUT2D eigenvalue weighted by Gasteiger charge is 2.18. The number of aromatic nitrogens is 1. The van der Waals surface area contributed by atoms with Crippen LogP contribution in [-0.2, 0) is 0 Å². The van der Waals surface area contributed by atoms with Crippen molar-refractivity contribution in [3.05, 3.63) is 42.6 Å². The fourth-order valence-corrected chi connectivity index (χ4v) is 2.64. The summed E-state index contributed by atoms with van der Waals surface area (Å²) in [6.45, 7) is 8.05. The molecule has 1 aromatic rings. The molecule has 0 amide bonds. The van der Waals surface area contributed by atoms with Crippen LogP contribution in [0.1, 0.15) is 25.3 Å². The molecule has 0 aromatic carbocycles. The third kappa shape index (κ3) is 3.35. The maximum atomic E-state index is 4.53. The topological polar surface area (TPSA) is 28.5 Å². The lowest BCUT2D eigenvalue weighted by molar-refractivity contribution is 0.483. The Hall–Kier alpha value is -1.90. The van der Waals surface area contributed by atoms with E-state index in [0.29, 0.717) is 5.92 Å². The molecule has 2 heterocycles. The van der Waals surface area contributed by atoms with Gasteiger partial charge in [-0.15, -0.1) is 6.58 Å². The predicted molar refractivity (Wildman–Crippen MR) is 87.4 cm³/mol. The minimum Gasteiger partial charge on any atom is -0.356 e. The van der Waals surface area contributed by atoms with E-state index in [1.54, 1.807) is 7.05 Å². The number of allylic oxidation sites excluding steroid dienone is 2. The molecule has 0 bridgehead atoms. The van der Waals surface area contributed by atoms with Crippen LogP contribution in [0.3, 0.4) is 0 Å². The normalized spacial score (nSPS) is 20.4. The smallest absolute Gasteiger partial charge is 0.129 e. The maximum absolute atomic E-state index is 4.53. The Morgan fingerprint density at radius 2 is 2.40 bits per heavy atom. The highest BCUT2D eigenvalue weighted by molar-refractivity contribution is 6.09. The van der Waals surface area contributed by atoms with Gasteiger partial charge in [0.2, 0.25) is 0 Å². The molecule has 0 aliphatic carbocycles. The molecule has 20 heavy (non-hydrogen) atoms. The minimum absolute atomic E-state index is 0.576. The van der Waals surface area contributed by atoms with E-state index in [9.17, 15) is 0 Å². The zero-order valence-corrected chi connectivity index (χ0v) is 12.4. The monoisotopic (exact) mass is 269 g/mol. The summed E-state index contributed by atoms with van der Waals surface area (Å²) in [5, 5.41) is 0. The van der Waals surface area contributed by atoms with E-state index in [0.717, 1.165) is 24.5 Å². The molecular formula is C17H23N3. The molecule has 1 aliphatic rings. The second-order valence-electron chi connectivity index (χ2n) is 5.12. The van der Waals surface area contributed by atoms with Crippen molar-refractivity contribution in [2.24, 2.45) is 10.9 Å². The number of piperidine rings is 1. The first-order chi connectivity index (χ1) is 9.78. The van der Waals surface area contributed by atoms with Gasteiger partial charge < -0.3 is 4.90 Å². The summed E-state index contributed by atoms with van der Waals surface area (Å²) in [6.07, 6.45) is 10.4. The zero-order valence-electron chi connectivity index (χ0n) is 12.4. The molecule has 0 saturated carbocycles. The molecule has 1 atom stereocenters. The van der Waals surface area contributed by atoms with Crippen molar-refractivity contribution in [3.8, 4) is 0 Å². The van der Waals surface area contributed by atoms with Gasteiger partial charge in [0.15, 0.2) is 0 Å². The van der Waals surface area contributed by atoms with Crippen molar-refractivity contribution in [1.29, 1.82) is 0 Å². The third-order valence-corrected chi connectivity index (χ3v) is 3.77. The van der Waals surface area contributed by atoms with Crippen LogP contribution >= 0.6 is 0 Å². The summed E-state index contributed by atoms with van der Waals surface area (Å²) >= 11 is 0. The van der Waals surface area contributed by atoms with E-state index in [1.807, 2.05) is 25.4 Å². The van der Waals surface area contributed by atoms with Crippen LogP contribution in [0.4, 0.5) is 5.82 Å². The molecule has 1 aromatic heterocycles. The van der Waals surface area contributed by atoms with Crippen LogP contribution in [-0.4, -0.2) is 31.3 Å². The molecule has 106 valence electrons. The van der Waals surface area contributed by atoms with Gasteiger partial charge in [-0.3, -0.25) is 4.99 Å². The van der Waals surface area contributed by atoms with E-state index in [4.69, 9.17) is 0 Å². The van der Waals surface area contributed by atoms with Crippen molar-refractivity contribution in [1.82, 2.24) is 4.98 Å². The van der Waals surface area contributed by atoms with Crippen molar-refractivity contribution in [2.45, 2.75) is 19.8 Å². The van der Waals surface area contributed by atoms with Crippen LogP contribution in [0.5, 0.6) is 0 Å². The molecule has 1 fully saturated rings. The van der Waals surface area contributed by atoms with Crippen molar-refractivity contribution in [3.63, 3.8) is 0 Å². The third-order valence-electron chi connectivity index (χ3n) is 3.77. The Kier molecular flexibility index (Phi) is 5.10. The second kappa shape index (κ2) is 7.04. The van der Waals surface area contributed by atoms with E-state index in [-0.39, 0.29) is 0 Å². The van der Waals surface area contributed by atoms with E-state index < -0.39 is 0 Å². The standard InChI is InChI=1S/C17H23N3/c1-4-14-7-6-10-20(13-14)17-11-16(8-9-19-17)15(5-2)12-18-3/h4-5,8-9,11-12,14H,1,6-7,10,13H2,2-3H3/b15-5+,18-12?. The van der Waals surface area contributed by atoms with E-state index >= 15 is 0 Å². The summed E-state index contributed by atoms with van der Waals surface area (Å²) < 4.78 is 0. The lowest BCUT2D eigenvalue weighted by atomic mass is 9.98. The number of rotatable bonds is 4. The first kappa shape index (κ1) is 14.5. The molecule has 0 N–H and O–H groups in total. The molecule has 1 aliphatic heterocycles. The summed E-state index contributed by atoms with van der Waals surface area (Å²) in [5.41, 5.74) is 2.30. The Balaban J connectivity index is 2.23. The molecule has 3 nitrogen and oxygen atoms in total. The molecule has 3 heteroatoms. The van der Waals surface area contributed by atoms with Gasteiger partial charge in [0, 0.05) is 32.5 Å². The molecule has 1 saturated heterocycles. The number of pyridine rings is 1. The number of hydrogen-bond acceptors (Lipinski definition) is 3. The molecule has 2 rings (SSSR count). The number of hydrogen-bond donors (Lipinski definition) is 0. The zero-order chi connectivity index (χ0) is 14.4. The van der Waals surface area contributed by atoms with E-state index in [2.05, 4.69) is 39.7 Å². The van der Waals surface area contributed by atoms with Gasteiger partial charge in [0.25, 0.3) is 0 Å². The van der Waals surface area contributed by atoms with Crippen molar-refractivity contribution >= 4 is 17.6 Å². The van der Waals surface area contributed by atoms with Gasteiger partial charge in [-0.05, 0) is 49.0 Å². The lowest BCUT2D eigenvalue weighted by Crippen LogP contribution is -2.35. The van der Waals surface area contributed by atoms with Crippen molar-refractivity contribution in [2.75, 3.05) is 25.0 Å². The van der Waals surface area contributed by atoms with Crippen molar-refractivity contribution < 1.29 is 0 Å². The average Bonchev–Trinajstić information content (AvgIpc) is 2.52. The van der Waals surface area contributed by atoms with Crippen LogP contribution in [0.2, 0.25) is 0 Å². The summed E-state index contributed by atoms with van der Waals surface area (Å²) in [5.74, 6) is 1.63. The fourth-order valence-electron chi connectivity index (χ4n) is 2.64. The van der Waals surface area contributed by atoms with Gasteiger partial charge in [-0.1, -0.05) is 12.2 Å². The lowest BCUT2D eigenvalue weighted by Gasteiger charge is -2.32. The van der Waals surface area contributed by atoms with E-state index in [1.165, 1.54) is 18.4 Å². The van der Waals surface area contributed by atoms with Gasteiger partial charge in [-0.2, -0.15) is 0 Å². The van der Waals surface area contributed by atoms with Gasteiger partial charge in [-0.25, -0.2) is 4.98 Å². The molecular weight excluding hydrogens is 246 g/mol. The highest BCUT2D eigenvalue weighted by atomic mass is 15.2. The minimum atomic E-state index is 0.576. The van der Waals surface area contributed by atoms with Crippen LogP contribution in [0, 0.1) is 5.92 Å². The summed E-state index contributed by atoms with van der Waals surface area (Å²) in [4.78, 5) is 11.0. The Morgan fingerprint density at radius 1 is 1.55 bits per heavy atom. The van der Waals surface area contributed by atoms with Gasteiger partial charge >= 0.3 is 0 Å². The first-order valence-electron chi connectivity index (χ1n) is 7.21. The second-order valence-corrected chi connectivity index (χ2v) is 5.12. The maximum Gasteiger partial charge on any atom is 0.129 e. The SMILES string of the molecule is C=CC1CCCN(c2cc(/C(C=NC)=C/C)ccn2)C1. The Labute approximate surface area is 121 Å². The summed E-state index contributed by atoms with van der Waals surface area (Å²) in [6, 6.07) is 4.19. The van der Waals surface area contributed by atoms with Crippen LogP contribution in [0.25, 0.3) is 5.57 Å². The molecule has 0 radical (unpaired) electrons. The Morgan fingerprint density at radius 3 is 3.10 bits per heavy atom. The molecule has 0 spiro atoms. The number of anilines is 1. The largest absolute Gasteiger partial charge is 0.356 e. The predicted octanol–water partition coefficient (Wildman–Crippen LogP) is 3.59. The molecule has 1 unspecified atom stereocenters. The van der Waals surface area contributed by atoms with Gasteiger partial charge in [0.1, 0.15) is 5.82 Å². The van der Waals surface area contributed by atoms with Crippen LogP contribution in [0.15, 0.2) is 42.1 Å². The fraction of sp³-hybridized carbons (Fsp3) is 0.412. The van der Waals surface area contributed by atoms with Crippen LogP contribution < -0.4 is 4.90 Å².